The molecule has 0 aliphatic rings. The predicted octanol–water partition coefficient (Wildman–Crippen LogP) is 5.49. The molecule has 0 aromatic heterocycles. The Balaban J connectivity index is 2.12. The van der Waals surface area contributed by atoms with Gasteiger partial charge in [-0.15, -0.1) is 6.58 Å². The number of aromatic hydroxyl groups is 1. The fourth-order valence-corrected chi connectivity index (χ4v) is 8.76. The van der Waals surface area contributed by atoms with Gasteiger partial charge in [0.1, 0.15) is 5.75 Å². The summed E-state index contributed by atoms with van der Waals surface area (Å²) in [6.07, 6.45) is 2.23. The summed E-state index contributed by atoms with van der Waals surface area (Å²) in [6, 6.07) is 36.2. The maximum atomic E-state index is 14.1. The standard InChI is InChI=1S/C30H27O2P/c1-3-14-24-15-13-22-28(30(24)32)29(31)23(2)33(25-16-7-4-8-17-25,26-18-9-5-10-19-26)27-20-11-6-12-21-27/h3-13,15-22,32H,1,14H2,2H3. The van der Waals surface area contributed by atoms with Gasteiger partial charge in [0.15, 0.2) is 5.78 Å². The SMILES string of the molecule is C=CCc1cccc(C(=O)C(C)=P(c2ccccc2)(c2ccccc2)c2ccccc2)c1O. The highest BCUT2D eigenvalue weighted by Gasteiger charge is 2.31. The lowest BCUT2D eigenvalue weighted by atomic mass is 10.0. The molecular weight excluding hydrogens is 423 g/mol. The fourth-order valence-electron chi connectivity index (χ4n) is 4.42. The Morgan fingerprint density at radius 3 is 1.64 bits per heavy atom. The van der Waals surface area contributed by atoms with E-state index in [2.05, 4.69) is 43.0 Å². The van der Waals surface area contributed by atoms with E-state index in [0.29, 0.717) is 17.5 Å². The molecule has 0 aliphatic carbocycles. The summed E-state index contributed by atoms with van der Waals surface area (Å²) in [5.74, 6) is -0.0997. The molecule has 4 aromatic carbocycles. The summed E-state index contributed by atoms with van der Waals surface area (Å²) >= 11 is 0. The van der Waals surface area contributed by atoms with Crippen molar-refractivity contribution < 1.29 is 9.90 Å². The third kappa shape index (κ3) is 4.11. The van der Waals surface area contributed by atoms with Gasteiger partial charge in [0.25, 0.3) is 0 Å². The third-order valence-corrected chi connectivity index (χ3v) is 10.4. The molecule has 0 amide bonds. The van der Waals surface area contributed by atoms with Crippen molar-refractivity contribution in [2.24, 2.45) is 0 Å². The number of ketones is 1. The second-order valence-electron chi connectivity index (χ2n) is 7.90. The number of carbonyl (C=O) groups is 1. The van der Waals surface area contributed by atoms with Crippen molar-refractivity contribution in [1.82, 2.24) is 0 Å². The molecule has 0 bridgehead atoms. The lowest BCUT2D eigenvalue weighted by Crippen LogP contribution is -2.32. The summed E-state index contributed by atoms with van der Waals surface area (Å²) in [5.41, 5.74) is 1.03. The second-order valence-corrected chi connectivity index (χ2v) is 11.5. The molecule has 4 rings (SSSR count). The molecule has 0 spiro atoms. The molecule has 0 atom stereocenters. The summed E-state index contributed by atoms with van der Waals surface area (Å²) in [6.45, 7) is 3.22. The van der Waals surface area contributed by atoms with Crippen molar-refractivity contribution in [3.8, 4) is 5.75 Å². The highest BCUT2D eigenvalue weighted by Crippen LogP contribution is 2.47. The number of hydrogen-bond donors (Lipinski definition) is 1. The summed E-state index contributed by atoms with van der Waals surface area (Å²) in [4.78, 5) is 14.1. The number of Topliss-reactive ketones (excluding diaryl/α,β-unsaturated/α-hetero) is 1. The quantitative estimate of drug-likeness (QED) is 0.230. The number of benzene rings is 4. The number of phenolic OH excluding ortho intramolecular Hbond substituents is 1. The Hall–Kier alpha value is -3.61. The van der Waals surface area contributed by atoms with Crippen molar-refractivity contribution in [2.45, 2.75) is 13.3 Å². The van der Waals surface area contributed by atoms with Crippen molar-refractivity contribution in [1.29, 1.82) is 0 Å². The topological polar surface area (TPSA) is 37.3 Å². The second kappa shape index (κ2) is 9.90. The van der Waals surface area contributed by atoms with E-state index >= 15 is 0 Å². The molecule has 164 valence electrons. The predicted molar refractivity (Wildman–Crippen MR) is 142 cm³/mol. The fraction of sp³-hybridized carbons (Fsp3) is 0.0667. The highest BCUT2D eigenvalue weighted by atomic mass is 31.2. The first-order valence-corrected chi connectivity index (χ1v) is 12.8. The van der Waals surface area contributed by atoms with Crippen LogP contribution in [0.4, 0.5) is 0 Å². The molecule has 1 N–H and O–H groups in total. The third-order valence-electron chi connectivity index (χ3n) is 5.99. The van der Waals surface area contributed by atoms with Crippen molar-refractivity contribution in [3.05, 3.63) is 133 Å². The molecule has 0 aliphatic heterocycles. The van der Waals surface area contributed by atoms with E-state index in [1.54, 1.807) is 12.1 Å². The van der Waals surface area contributed by atoms with Crippen LogP contribution in [-0.4, -0.2) is 16.2 Å². The monoisotopic (exact) mass is 450 g/mol. The van der Waals surface area contributed by atoms with Crippen molar-refractivity contribution in [3.63, 3.8) is 0 Å². The molecule has 0 unspecified atom stereocenters. The van der Waals surface area contributed by atoms with Crippen LogP contribution in [0.15, 0.2) is 122 Å². The molecule has 0 heterocycles. The molecule has 0 saturated carbocycles. The highest BCUT2D eigenvalue weighted by molar-refractivity contribution is 7.96. The molecule has 2 nitrogen and oxygen atoms in total. The normalized spacial score (nSPS) is 11.1. The van der Waals surface area contributed by atoms with Crippen LogP contribution >= 0.6 is 6.89 Å². The van der Waals surface area contributed by atoms with Gasteiger partial charge in [0, 0.05) is 5.29 Å². The number of hydrogen-bond acceptors (Lipinski definition) is 2. The van der Waals surface area contributed by atoms with Crippen LogP contribution in [0.2, 0.25) is 0 Å². The number of carbonyl (C=O) groups excluding carboxylic acids is 1. The zero-order chi connectivity index (χ0) is 23.3. The first-order valence-electron chi connectivity index (χ1n) is 11.0. The minimum Gasteiger partial charge on any atom is -0.507 e. The van der Waals surface area contributed by atoms with Crippen molar-refractivity contribution in [2.75, 3.05) is 0 Å². The maximum absolute atomic E-state index is 14.1. The van der Waals surface area contributed by atoms with Gasteiger partial charge in [-0.25, -0.2) is 0 Å². The number of phenols is 1. The van der Waals surface area contributed by atoms with E-state index < -0.39 is 6.89 Å². The Bertz CT molecular complexity index is 1220. The minimum atomic E-state index is -2.48. The average Bonchev–Trinajstić information content (AvgIpc) is 2.87. The summed E-state index contributed by atoms with van der Waals surface area (Å²) < 4.78 is 0. The van der Waals surface area contributed by atoms with Crippen LogP contribution in [0.5, 0.6) is 5.75 Å². The van der Waals surface area contributed by atoms with E-state index in [-0.39, 0.29) is 11.5 Å². The zero-order valence-electron chi connectivity index (χ0n) is 18.7. The van der Waals surface area contributed by atoms with Gasteiger partial charge in [-0.2, -0.15) is 0 Å². The van der Waals surface area contributed by atoms with Crippen LogP contribution in [0, 0.1) is 0 Å². The minimum absolute atomic E-state index is 0.0361. The van der Waals surface area contributed by atoms with Gasteiger partial charge in [0.2, 0.25) is 0 Å². The van der Waals surface area contributed by atoms with Crippen LogP contribution in [-0.2, 0) is 6.42 Å². The smallest absolute Gasteiger partial charge is 0.193 e. The summed E-state index contributed by atoms with van der Waals surface area (Å²) in [7, 11) is 0. The van der Waals surface area contributed by atoms with E-state index in [9.17, 15) is 9.90 Å². The number of allylic oxidation sites excluding steroid dienone is 1. The average molecular weight is 451 g/mol. The van der Waals surface area contributed by atoms with Crippen LogP contribution in [0.25, 0.3) is 0 Å². The lowest BCUT2D eigenvalue weighted by Gasteiger charge is -2.31. The van der Waals surface area contributed by atoms with Gasteiger partial charge in [-0.05, 0) is 47.8 Å². The maximum Gasteiger partial charge on any atom is 0.193 e. The Morgan fingerprint density at radius 1 is 0.758 bits per heavy atom. The van der Waals surface area contributed by atoms with E-state index in [4.69, 9.17) is 0 Å². The van der Waals surface area contributed by atoms with Gasteiger partial charge in [-0.3, -0.25) is 4.79 Å². The van der Waals surface area contributed by atoms with Gasteiger partial charge >= 0.3 is 0 Å². The largest absolute Gasteiger partial charge is 0.507 e. The van der Waals surface area contributed by atoms with Gasteiger partial charge in [-0.1, -0.05) is 109 Å². The molecule has 3 heteroatoms. The van der Waals surface area contributed by atoms with Gasteiger partial charge in [0.05, 0.1) is 5.56 Å². The Labute approximate surface area is 195 Å². The molecule has 0 saturated heterocycles. The Morgan fingerprint density at radius 2 is 1.21 bits per heavy atom. The van der Waals surface area contributed by atoms with E-state index in [0.717, 1.165) is 21.2 Å². The number of rotatable bonds is 7. The van der Waals surface area contributed by atoms with Gasteiger partial charge < -0.3 is 5.11 Å². The van der Waals surface area contributed by atoms with E-state index in [1.807, 2.05) is 73.7 Å². The zero-order valence-corrected chi connectivity index (χ0v) is 19.6. The molecular formula is C30H27O2P. The Kier molecular flexibility index (Phi) is 6.77. The molecule has 0 fully saturated rings. The lowest BCUT2D eigenvalue weighted by molar-refractivity contribution is 0.106. The van der Waals surface area contributed by atoms with Crippen LogP contribution < -0.4 is 15.9 Å². The van der Waals surface area contributed by atoms with Crippen LogP contribution in [0.3, 0.4) is 0 Å². The van der Waals surface area contributed by atoms with Crippen LogP contribution in [0.1, 0.15) is 22.8 Å². The molecule has 0 radical (unpaired) electrons. The van der Waals surface area contributed by atoms with Crippen molar-refractivity contribution >= 4 is 33.9 Å². The molecule has 4 aromatic rings. The molecule has 33 heavy (non-hydrogen) atoms. The van der Waals surface area contributed by atoms with E-state index in [1.165, 1.54) is 0 Å². The number of para-hydroxylation sites is 1. The first kappa shape index (κ1) is 22.6. The first-order chi connectivity index (χ1) is 16.1. The summed E-state index contributed by atoms with van der Waals surface area (Å²) in [5, 5.41) is 15.0.